The number of benzene rings is 2. The number of rotatable bonds is 8. The molecule has 2 aromatic rings. The van der Waals surface area contributed by atoms with Crippen molar-refractivity contribution in [3.05, 3.63) is 64.7 Å². The van der Waals surface area contributed by atoms with Crippen LogP contribution in [0.3, 0.4) is 0 Å². The lowest BCUT2D eigenvalue weighted by Crippen LogP contribution is -2.31. The summed E-state index contributed by atoms with van der Waals surface area (Å²) in [5.41, 5.74) is 0.278. The van der Waals surface area contributed by atoms with Crippen LogP contribution in [0.25, 0.3) is 0 Å². The predicted molar refractivity (Wildman–Crippen MR) is 125 cm³/mol. The first kappa shape index (κ1) is 25.9. The molecule has 0 bridgehead atoms. The summed E-state index contributed by atoms with van der Waals surface area (Å²) in [7, 11) is 1.61. The molecule has 35 heavy (non-hydrogen) atoms. The Morgan fingerprint density at radius 2 is 1.43 bits per heavy atom. The largest absolute Gasteiger partial charge is 0.497 e. The zero-order chi connectivity index (χ0) is 25.0. The van der Waals surface area contributed by atoms with Gasteiger partial charge in [0, 0.05) is 0 Å². The van der Waals surface area contributed by atoms with E-state index in [0.717, 1.165) is 24.7 Å². The monoisotopic (exact) mass is 496 g/mol. The Hall–Kier alpha value is -2.15. The van der Waals surface area contributed by atoms with Gasteiger partial charge in [0.2, 0.25) is 0 Å². The molecule has 0 amide bonds. The van der Waals surface area contributed by atoms with Gasteiger partial charge in [-0.1, -0.05) is 18.2 Å². The molecule has 7 heteroatoms. The van der Waals surface area contributed by atoms with Crippen molar-refractivity contribution in [1.29, 1.82) is 0 Å². The third-order valence-corrected chi connectivity index (χ3v) is 7.81. The van der Waals surface area contributed by atoms with Crippen molar-refractivity contribution in [2.75, 3.05) is 13.8 Å². The highest BCUT2D eigenvalue weighted by atomic mass is 19.3. The maximum atomic E-state index is 15.0. The molecule has 0 aromatic heterocycles. The summed E-state index contributed by atoms with van der Waals surface area (Å²) in [5.74, 6) is -1.68. The molecule has 0 heterocycles. The molecule has 192 valence electrons. The minimum Gasteiger partial charge on any atom is -0.497 e. The van der Waals surface area contributed by atoms with Gasteiger partial charge in [-0.15, -0.1) is 0 Å². The van der Waals surface area contributed by atoms with E-state index in [9.17, 15) is 22.0 Å². The molecule has 0 unspecified atom stereocenters. The molecule has 2 aliphatic carbocycles. The molecule has 4 rings (SSSR count). The fourth-order valence-electron chi connectivity index (χ4n) is 5.68. The Balaban J connectivity index is 1.39. The SMILES string of the molecule is COc1ccc(C2CCC(c3ccc(C(F)(F)OC4CCC(CCF)CC4)c(F)c3F)CC2)cc1. The van der Waals surface area contributed by atoms with E-state index in [1.807, 2.05) is 24.3 Å². The summed E-state index contributed by atoms with van der Waals surface area (Å²) in [4.78, 5) is 0. The van der Waals surface area contributed by atoms with Crippen LogP contribution in [0, 0.1) is 17.6 Å². The van der Waals surface area contributed by atoms with Crippen molar-refractivity contribution in [2.24, 2.45) is 5.92 Å². The van der Waals surface area contributed by atoms with E-state index in [0.29, 0.717) is 50.9 Å². The van der Waals surface area contributed by atoms with Crippen LogP contribution in [-0.2, 0) is 10.8 Å². The zero-order valence-corrected chi connectivity index (χ0v) is 20.1. The average Bonchev–Trinajstić information content (AvgIpc) is 2.87. The van der Waals surface area contributed by atoms with Crippen molar-refractivity contribution < 1.29 is 31.4 Å². The van der Waals surface area contributed by atoms with Gasteiger partial charge >= 0.3 is 6.11 Å². The van der Waals surface area contributed by atoms with E-state index >= 15 is 0 Å². The maximum Gasteiger partial charge on any atom is 0.386 e. The number of hydrogen-bond acceptors (Lipinski definition) is 2. The Kier molecular flexibility index (Phi) is 8.35. The Morgan fingerprint density at radius 1 is 0.800 bits per heavy atom. The topological polar surface area (TPSA) is 18.5 Å². The van der Waals surface area contributed by atoms with E-state index in [4.69, 9.17) is 9.47 Å². The van der Waals surface area contributed by atoms with Crippen molar-refractivity contribution in [1.82, 2.24) is 0 Å². The first-order chi connectivity index (χ1) is 16.8. The molecule has 0 N–H and O–H groups in total. The molecule has 2 aromatic carbocycles. The van der Waals surface area contributed by atoms with Gasteiger partial charge in [0.05, 0.1) is 25.5 Å². The molecule has 0 radical (unpaired) electrons. The molecule has 0 atom stereocenters. The quantitative estimate of drug-likeness (QED) is 0.342. The minimum atomic E-state index is -3.92. The first-order valence-corrected chi connectivity index (χ1v) is 12.6. The fourth-order valence-corrected chi connectivity index (χ4v) is 5.68. The summed E-state index contributed by atoms with van der Waals surface area (Å²) in [6.07, 6.45) is 0.589. The fraction of sp³-hybridized carbons (Fsp3) is 0.571. The Bertz CT molecular complexity index is 962. The van der Waals surface area contributed by atoms with Crippen LogP contribution in [0.2, 0.25) is 0 Å². The van der Waals surface area contributed by atoms with Crippen LogP contribution in [0.1, 0.15) is 86.3 Å². The smallest absolute Gasteiger partial charge is 0.386 e. The van der Waals surface area contributed by atoms with Crippen molar-refractivity contribution >= 4 is 0 Å². The van der Waals surface area contributed by atoms with E-state index < -0.39 is 36.1 Å². The lowest BCUT2D eigenvalue weighted by molar-refractivity contribution is -0.279. The van der Waals surface area contributed by atoms with Crippen LogP contribution in [-0.4, -0.2) is 19.9 Å². The molecule has 2 fully saturated rings. The molecule has 0 aliphatic heterocycles. The van der Waals surface area contributed by atoms with Gasteiger partial charge in [-0.3, -0.25) is 4.39 Å². The van der Waals surface area contributed by atoms with E-state index in [-0.39, 0.29) is 17.4 Å². The summed E-state index contributed by atoms with van der Waals surface area (Å²) < 4.78 is 82.1. The second-order valence-electron chi connectivity index (χ2n) is 9.91. The van der Waals surface area contributed by atoms with Gasteiger partial charge in [-0.05, 0) is 105 Å². The van der Waals surface area contributed by atoms with Gasteiger partial charge < -0.3 is 9.47 Å². The highest BCUT2D eigenvalue weighted by Gasteiger charge is 2.41. The molecule has 0 spiro atoms. The van der Waals surface area contributed by atoms with Gasteiger partial charge in [-0.25, -0.2) is 8.78 Å². The number of ether oxygens (including phenoxy) is 2. The second-order valence-corrected chi connectivity index (χ2v) is 9.91. The normalized spacial score (nSPS) is 25.4. The maximum absolute atomic E-state index is 15.0. The Labute approximate surface area is 203 Å². The van der Waals surface area contributed by atoms with E-state index in [1.54, 1.807) is 7.11 Å². The molecular formula is C28H33F5O2. The summed E-state index contributed by atoms with van der Waals surface area (Å²) in [6.45, 7) is -0.424. The number of hydrogen-bond donors (Lipinski definition) is 0. The average molecular weight is 497 g/mol. The van der Waals surface area contributed by atoms with E-state index in [1.165, 1.54) is 11.6 Å². The number of alkyl halides is 3. The Morgan fingerprint density at radius 3 is 2.03 bits per heavy atom. The molecule has 0 saturated heterocycles. The number of halogens is 5. The van der Waals surface area contributed by atoms with Gasteiger partial charge in [0.15, 0.2) is 11.6 Å². The van der Waals surface area contributed by atoms with E-state index in [2.05, 4.69) is 0 Å². The second kappa shape index (κ2) is 11.3. The summed E-state index contributed by atoms with van der Waals surface area (Å²) in [5, 5.41) is 0. The standard InChI is InChI=1S/C28H33F5O2/c1-34-22-12-8-20(9-13-22)19-4-6-21(7-5-19)24-14-15-25(27(31)26(24)30)28(32,33)35-23-10-2-18(3-11-23)16-17-29/h8-9,12-15,18-19,21,23H,2-7,10-11,16-17H2,1H3. The molecule has 2 aliphatic rings. The zero-order valence-electron chi connectivity index (χ0n) is 20.1. The molecular weight excluding hydrogens is 463 g/mol. The third-order valence-electron chi connectivity index (χ3n) is 7.81. The number of methoxy groups -OCH3 is 1. The summed E-state index contributed by atoms with van der Waals surface area (Å²) >= 11 is 0. The molecule has 2 saturated carbocycles. The van der Waals surface area contributed by atoms with Crippen LogP contribution >= 0.6 is 0 Å². The van der Waals surface area contributed by atoms with Gasteiger partial charge in [0.25, 0.3) is 0 Å². The van der Waals surface area contributed by atoms with Gasteiger partial charge in [0.1, 0.15) is 5.75 Å². The van der Waals surface area contributed by atoms with Crippen LogP contribution in [0.5, 0.6) is 5.75 Å². The third kappa shape index (κ3) is 5.99. The van der Waals surface area contributed by atoms with Crippen LogP contribution < -0.4 is 4.74 Å². The predicted octanol–water partition coefficient (Wildman–Crippen LogP) is 8.40. The summed E-state index contributed by atoms with van der Waals surface area (Å²) in [6, 6.07) is 10.1. The lowest BCUT2D eigenvalue weighted by Gasteiger charge is -2.32. The highest BCUT2D eigenvalue weighted by molar-refractivity contribution is 5.33. The molecule has 2 nitrogen and oxygen atoms in total. The van der Waals surface area contributed by atoms with Gasteiger partial charge in [-0.2, -0.15) is 8.78 Å². The lowest BCUT2D eigenvalue weighted by atomic mass is 9.76. The van der Waals surface area contributed by atoms with Crippen molar-refractivity contribution in [3.63, 3.8) is 0 Å². The highest BCUT2D eigenvalue weighted by Crippen LogP contribution is 2.44. The van der Waals surface area contributed by atoms with Crippen molar-refractivity contribution in [3.8, 4) is 5.75 Å². The van der Waals surface area contributed by atoms with Crippen LogP contribution in [0.15, 0.2) is 36.4 Å². The van der Waals surface area contributed by atoms with Crippen molar-refractivity contribution in [2.45, 2.75) is 81.8 Å². The minimum absolute atomic E-state index is 0.155. The van der Waals surface area contributed by atoms with Crippen LogP contribution in [0.4, 0.5) is 22.0 Å². The first-order valence-electron chi connectivity index (χ1n) is 12.6.